The molecule has 0 saturated carbocycles. The minimum atomic E-state index is 0.580. The summed E-state index contributed by atoms with van der Waals surface area (Å²) in [7, 11) is 0. The number of piperidine rings is 1. The first-order valence-corrected chi connectivity index (χ1v) is 10.6. The molecule has 0 spiro atoms. The first-order valence-electron chi connectivity index (χ1n) is 10.6. The lowest BCUT2D eigenvalue weighted by molar-refractivity contribution is 0.391. The zero-order valence-electron chi connectivity index (χ0n) is 18.2. The number of nitrogens with zero attached hydrogens (tertiary/aromatic N) is 2. The predicted molar refractivity (Wildman–Crippen MR) is 125 cm³/mol. The molecule has 2 heterocycles. The molecule has 0 aliphatic carbocycles. The van der Waals surface area contributed by atoms with Gasteiger partial charge in [-0.1, -0.05) is 25.5 Å². The number of nitrogens with one attached hydrogen (secondary N) is 1. The molecule has 0 atom stereocenters. The van der Waals surface area contributed by atoms with Crippen molar-refractivity contribution in [3.63, 3.8) is 0 Å². The number of hydrogen-bond donors (Lipinski definition) is 3. The van der Waals surface area contributed by atoms with Crippen LogP contribution in [-0.2, 0) is 0 Å². The molecule has 0 amide bonds. The second kappa shape index (κ2) is 9.31. The Hall–Kier alpha value is -2.53. The van der Waals surface area contributed by atoms with Crippen molar-refractivity contribution in [2.24, 2.45) is 17.4 Å². The quantitative estimate of drug-likeness (QED) is 0.648. The van der Waals surface area contributed by atoms with Crippen LogP contribution in [0.15, 0.2) is 42.1 Å². The largest absolute Gasteiger partial charge is 0.402 e. The number of hydrogen-bond acceptors (Lipinski definition) is 5. The molecule has 156 valence electrons. The highest BCUT2D eigenvalue weighted by molar-refractivity contribution is 5.88. The van der Waals surface area contributed by atoms with Gasteiger partial charge in [0.2, 0.25) is 0 Å². The van der Waals surface area contributed by atoms with Crippen LogP contribution in [0.3, 0.4) is 0 Å². The van der Waals surface area contributed by atoms with Crippen LogP contribution in [0.5, 0.6) is 0 Å². The molecule has 3 rings (SSSR count). The molecule has 1 aromatic carbocycles. The number of nitrogens with two attached hydrogens (primary N) is 2. The highest BCUT2D eigenvalue weighted by Crippen LogP contribution is 2.30. The van der Waals surface area contributed by atoms with Crippen molar-refractivity contribution in [1.29, 1.82) is 0 Å². The zero-order valence-corrected chi connectivity index (χ0v) is 18.2. The number of pyridine rings is 1. The smallest absolute Gasteiger partial charge is 0.138 e. The number of fused-ring (bicyclic) bond motifs is 1. The van der Waals surface area contributed by atoms with Crippen LogP contribution in [0.1, 0.15) is 44.7 Å². The Kier molecular flexibility index (Phi) is 6.80. The van der Waals surface area contributed by atoms with Gasteiger partial charge >= 0.3 is 0 Å². The van der Waals surface area contributed by atoms with Crippen molar-refractivity contribution >= 4 is 22.4 Å². The number of anilines is 1. The Morgan fingerprint density at radius 2 is 1.93 bits per heavy atom. The fourth-order valence-corrected chi connectivity index (χ4v) is 3.75. The minimum Gasteiger partial charge on any atom is -0.402 e. The van der Waals surface area contributed by atoms with E-state index >= 15 is 0 Å². The van der Waals surface area contributed by atoms with E-state index in [1.54, 1.807) is 0 Å². The molecule has 1 saturated heterocycles. The van der Waals surface area contributed by atoms with E-state index in [1.165, 1.54) is 5.56 Å². The van der Waals surface area contributed by atoms with Crippen molar-refractivity contribution in [2.45, 2.75) is 46.6 Å². The zero-order chi connectivity index (χ0) is 21.0. The van der Waals surface area contributed by atoms with E-state index in [9.17, 15) is 0 Å². The van der Waals surface area contributed by atoms with Gasteiger partial charge in [-0.3, -0.25) is 0 Å². The number of benzene rings is 1. The molecule has 1 aliphatic heterocycles. The van der Waals surface area contributed by atoms with Gasteiger partial charge in [0.25, 0.3) is 0 Å². The van der Waals surface area contributed by atoms with Gasteiger partial charge in [-0.05, 0) is 69.5 Å². The van der Waals surface area contributed by atoms with Gasteiger partial charge in [-0.25, -0.2) is 4.98 Å². The summed E-state index contributed by atoms with van der Waals surface area (Å²) in [6, 6.07) is 9.11. The average Bonchev–Trinajstić information content (AvgIpc) is 2.69. The molecule has 5 nitrogen and oxygen atoms in total. The van der Waals surface area contributed by atoms with E-state index in [0.29, 0.717) is 17.7 Å². The summed E-state index contributed by atoms with van der Waals surface area (Å²) in [5, 5.41) is 4.81. The van der Waals surface area contributed by atoms with Crippen LogP contribution in [0.25, 0.3) is 16.6 Å². The standard InChI is InChI=1S/C24H35N5/c1-16(2)15-27-20-9-11-29(12-10-20)24-21(22(26)7-6-18(4)25)14-19-13-17(3)5-8-23(19)28-24/h5-8,13-14,16,20,27H,9-12,15,25-26H2,1-4H3/b18-6-,22-7-. The van der Waals surface area contributed by atoms with Crippen LogP contribution < -0.4 is 21.7 Å². The van der Waals surface area contributed by atoms with E-state index in [4.69, 9.17) is 16.5 Å². The second-order valence-corrected chi connectivity index (χ2v) is 8.65. The van der Waals surface area contributed by atoms with Crippen molar-refractivity contribution in [3.8, 4) is 0 Å². The maximum absolute atomic E-state index is 6.47. The van der Waals surface area contributed by atoms with Gasteiger partial charge < -0.3 is 21.7 Å². The highest BCUT2D eigenvalue weighted by atomic mass is 15.2. The van der Waals surface area contributed by atoms with Crippen LogP contribution in [0.2, 0.25) is 0 Å². The Morgan fingerprint density at radius 1 is 1.21 bits per heavy atom. The van der Waals surface area contributed by atoms with Crippen molar-refractivity contribution in [2.75, 3.05) is 24.5 Å². The summed E-state index contributed by atoms with van der Waals surface area (Å²) < 4.78 is 0. The number of allylic oxidation sites excluding steroid dienone is 3. The monoisotopic (exact) mass is 393 g/mol. The minimum absolute atomic E-state index is 0.580. The average molecular weight is 394 g/mol. The van der Waals surface area contributed by atoms with Crippen LogP contribution in [0, 0.1) is 12.8 Å². The van der Waals surface area contributed by atoms with Gasteiger partial charge in [0, 0.05) is 41.5 Å². The summed E-state index contributed by atoms with van der Waals surface area (Å²) >= 11 is 0. The maximum Gasteiger partial charge on any atom is 0.138 e. The van der Waals surface area contributed by atoms with Crippen molar-refractivity contribution < 1.29 is 0 Å². The second-order valence-electron chi connectivity index (χ2n) is 8.65. The molecule has 1 fully saturated rings. The van der Waals surface area contributed by atoms with E-state index < -0.39 is 0 Å². The van der Waals surface area contributed by atoms with E-state index in [0.717, 1.165) is 60.5 Å². The Labute approximate surface area is 174 Å². The van der Waals surface area contributed by atoms with Crippen molar-refractivity contribution in [3.05, 3.63) is 53.2 Å². The molecule has 2 aromatic rings. The molecule has 0 unspecified atom stereocenters. The molecular weight excluding hydrogens is 358 g/mol. The molecule has 1 aromatic heterocycles. The number of rotatable bonds is 6. The van der Waals surface area contributed by atoms with Gasteiger partial charge in [0.05, 0.1) is 5.52 Å². The van der Waals surface area contributed by atoms with Gasteiger partial charge in [0.15, 0.2) is 0 Å². The van der Waals surface area contributed by atoms with E-state index in [1.807, 2.05) is 19.1 Å². The molecule has 1 aliphatic rings. The van der Waals surface area contributed by atoms with Crippen molar-refractivity contribution in [1.82, 2.24) is 10.3 Å². The molecule has 0 radical (unpaired) electrons. The lowest BCUT2D eigenvalue weighted by atomic mass is 10.0. The lowest BCUT2D eigenvalue weighted by Gasteiger charge is -2.34. The van der Waals surface area contributed by atoms with Crippen LogP contribution in [-0.4, -0.2) is 30.7 Å². The predicted octanol–water partition coefficient (Wildman–Crippen LogP) is 3.92. The van der Waals surface area contributed by atoms with E-state index in [-0.39, 0.29) is 0 Å². The molecule has 0 bridgehead atoms. The van der Waals surface area contributed by atoms with Gasteiger partial charge in [-0.2, -0.15) is 0 Å². The summed E-state index contributed by atoms with van der Waals surface area (Å²) in [6.45, 7) is 11.5. The van der Waals surface area contributed by atoms with Crippen LogP contribution >= 0.6 is 0 Å². The van der Waals surface area contributed by atoms with Gasteiger partial charge in [0.1, 0.15) is 5.82 Å². The maximum atomic E-state index is 6.47. The highest BCUT2D eigenvalue weighted by Gasteiger charge is 2.23. The summed E-state index contributed by atoms with van der Waals surface area (Å²) in [4.78, 5) is 7.40. The molecular formula is C24H35N5. The lowest BCUT2D eigenvalue weighted by Crippen LogP contribution is -2.44. The Morgan fingerprint density at radius 3 is 2.59 bits per heavy atom. The molecule has 5 heteroatoms. The third-order valence-electron chi connectivity index (χ3n) is 5.40. The summed E-state index contributed by atoms with van der Waals surface area (Å²) in [5.74, 6) is 1.65. The topological polar surface area (TPSA) is 80.2 Å². The fourth-order valence-electron chi connectivity index (χ4n) is 3.75. The number of aryl methyl sites for hydroxylation is 1. The third-order valence-corrected chi connectivity index (χ3v) is 5.40. The molecule has 29 heavy (non-hydrogen) atoms. The third kappa shape index (κ3) is 5.51. The van der Waals surface area contributed by atoms with Crippen LogP contribution in [0.4, 0.5) is 5.82 Å². The normalized spacial score (nSPS) is 16.8. The first kappa shape index (κ1) is 21.2. The van der Waals surface area contributed by atoms with Gasteiger partial charge in [-0.15, -0.1) is 0 Å². The fraction of sp³-hybridized carbons (Fsp3) is 0.458. The SMILES string of the molecule is C/C(N)=C/C=C(\N)c1cc2cc(C)ccc2nc1N1CCC(NCC(C)C)CC1. The summed E-state index contributed by atoms with van der Waals surface area (Å²) in [6.07, 6.45) is 5.96. The van der Waals surface area contributed by atoms with E-state index in [2.05, 4.69) is 55.3 Å². The first-order chi connectivity index (χ1) is 13.8. The molecule has 5 N–H and O–H groups in total. The summed E-state index contributed by atoms with van der Waals surface area (Å²) in [5.41, 5.74) is 16.9. The Balaban J connectivity index is 1.91. The Bertz CT molecular complexity index is 901. The number of aromatic nitrogens is 1.